The molecule has 1 fully saturated rings. The average Bonchev–Trinajstić information content (AvgIpc) is 2.74. The van der Waals surface area contributed by atoms with Crippen molar-refractivity contribution < 1.29 is 0 Å². The molecular formula is C14H25N3. The Labute approximate surface area is 105 Å². The van der Waals surface area contributed by atoms with Gasteiger partial charge in [-0.1, -0.05) is 20.8 Å². The highest BCUT2D eigenvalue weighted by Crippen LogP contribution is 2.54. The largest absolute Gasteiger partial charge is 0.314 e. The zero-order valence-corrected chi connectivity index (χ0v) is 11.5. The molecule has 96 valence electrons. The van der Waals surface area contributed by atoms with E-state index in [0.29, 0.717) is 11.5 Å². The molecule has 1 heterocycles. The lowest BCUT2D eigenvalue weighted by Gasteiger charge is -2.18. The third-order valence-electron chi connectivity index (χ3n) is 4.01. The highest BCUT2D eigenvalue weighted by atomic mass is 15.3. The summed E-state index contributed by atoms with van der Waals surface area (Å²) >= 11 is 0. The Morgan fingerprint density at radius 3 is 2.71 bits per heavy atom. The first kappa shape index (κ1) is 12.6. The minimum absolute atomic E-state index is 0.535. The van der Waals surface area contributed by atoms with Gasteiger partial charge < -0.3 is 5.32 Å². The summed E-state index contributed by atoms with van der Waals surface area (Å²) in [6.45, 7) is 11.1. The Hall–Kier alpha value is -0.830. The molecule has 1 saturated carbocycles. The third-order valence-corrected chi connectivity index (χ3v) is 4.01. The zero-order valence-electron chi connectivity index (χ0n) is 11.5. The first-order valence-corrected chi connectivity index (χ1v) is 6.81. The maximum atomic E-state index is 4.35. The molecule has 2 unspecified atom stereocenters. The van der Waals surface area contributed by atoms with Crippen LogP contribution in [-0.2, 0) is 13.0 Å². The van der Waals surface area contributed by atoms with Gasteiger partial charge in [0.15, 0.2) is 0 Å². The molecule has 0 aliphatic heterocycles. The van der Waals surface area contributed by atoms with Crippen LogP contribution in [0.3, 0.4) is 0 Å². The van der Waals surface area contributed by atoms with Crippen LogP contribution in [0.25, 0.3) is 0 Å². The van der Waals surface area contributed by atoms with E-state index >= 15 is 0 Å². The fourth-order valence-corrected chi connectivity index (χ4v) is 2.75. The van der Waals surface area contributed by atoms with Gasteiger partial charge in [0, 0.05) is 18.8 Å². The number of rotatable bonds is 6. The molecule has 0 saturated heterocycles. The molecule has 0 amide bonds. The van der Waals surface area contributed by atoms with E-state index in [1.54, 1.807) is 0 Å². The van der Waals surface area contributed by atoms with Crippen molar-refractivity contribution in [3.05, 3.63) is 18.0 Å². The van der Waals surface area contributed by atoms with Crippen LogP contribution in [0.2, 0.25) is 0 Å². The standard InChI is InChI=1S/C14H25N3/c1-5-15-13(12-8-14(12,3)4)7-11-9-16-17(6-2)10-11/h9-10,12-13,15H,5-8H2,1-4H3. The summed E-state index contributed by atoms with van der Waals surface area (Å²) in [4.78, 5) is 0. The van der Waals surface area contributed by atoms with E-state index in [2.05, 4.69) is 44.3 Å². The van der Waals surface area contributed by atoms with Crippen LogP contribution in [0, 0.1) is 11.3 Å². The Morgan fingerprint density at radius 2 is 2.24 bits per heavy atom. The molecule has 0 bridgehead atoms. The van der Waals surface area contributed by atoms with Gasteiger partial charge in [0.05, 0.1) is 6.20 Å². The van der Waals surface area contributed by atoms with Crippen LogP contribution < -0.4 is 5.32 Å². The van der Waals surface area contributed by atoms with Crippen LogP contribution in [0.5, 0.6) is 0 Å². The number of hydrogen-bond acceptors (Lipinski definition) is 2. The molecule has 17 heavy (non-hydrogen) atoms. The van der Waals surface area contributed by atoms with Crippen molar-refractivity contribution in [2.75, 3.05) is 6.54 Å². The van der Waals surface area contributed by atoms with Gasteiger partial charge in [-0.25, -0.2) is 0 Å². The van der Waals surface area contributed by atoms with Crippen LogP contribution in [0.15, 0.2) is 12.4 Å². The SMILES string of the molecule is CCNC(Cc1cnn(CC)c1)C1CC1(C)C. The summed E-state index contributed by atoms with van der Waals surface area (Å²) in [7, 11) is 0. The normalized spacial score (nSPS) is 23.6. The average molecular weight is 235 g/mol. The summed E-state index contributed by atoms with van der Waals surface area (Å²) in [6.07, 6.45) is 6.66. The van der Waals surface area contributed by atoms with Crippen molar-refractivity contribution in [3.8, 4) is 0 Å². The van der Waals surface area contributed by atoms with Crippen LogP contribution in [0.1, 0.15) is 39.7 Å². The zero-order chi connectivity index (χ0) is 12.5. The first-order chi connectivity index (χ1) is 8.06. The summed E-state index contributed by atoms with van der Waals surface area (Å²) in [6, 6.07) is 0.615. The van der Waals surface area contributed by atoms with Gasteiger partial charge in [-0.05, 0) is 43.2 Å². The molecule has 3 nitrogen and oxygen atoms in total. The summed E-state index contributed by atoms with van der Waals surface area (Å²) in [5, 5.41) is 7.99. The van der Waals surface area contributed by atoms with Crippen LogP contribution >= 0.6 is 0 Å². The molecule has 1 aliphatic rings. The fourth-order valence-electron chi connectivity index (χ4n) is 2.75. The molecule has 0 radical (unpaired) electrons. The summed E-state index contributed by atoms with van der Waals surface area (Å²) in [5.74, 6) is 0.826. The lowest BCUT2D eigenvalue weighted by Crippen LogP contribution is -2.34. The number of aryl methyl sites for hydroxylation is 1. The monoisotopic (exact) mass is 235 g/mol. The lowest BCUT2D eigenvalue weighted by molar-refractivity contribution is 0.409. The van der Waals surface area contributed by atoms with Crippen molar-refractivity contribution in [1.82, 2.24) is 15.1 Å². The second-order valence-corrected chi connectivity index (χ2v) is 5.87. The molecule has 1 aliphatic carbocycles. The second kappa shape index (κ2) is 4.81. The quantitative estimate of drug-likeness (QED) is 0.821. The minimum Gasteiger partial charge on any atom is -0.314 e. The van der Waals surface area contributed by atoms with E-state index in [0.717, 1.165) is 25.4 Å². The lowest BCUT2D eigenvalue weighted by atomic mass is 9.99. The van der Waals surface area contributed by atoms with Gasteiger partial charge in [0.25, 0.3) is 0 Å². The van der Waals surface area contributed by atoms with E-state index in [1.165, 1.54) is 12.0 Å². The van der Waals surface area contributed by atoms with Gasteiger partial charge in [-0.15, -0.1) is 0 Å². The van der Waals surface area contributed by atoms with Crippen molar-refractivity contribution in [2.45, 2.75) is 53.1 Å². The highest BCUT2D eigenvalue weighted by molar-refractivity contribution is 5.11. The van der Waals surface area contributed by atoms with E-state index in [9.17, 15) is 0 Å². The van der Waals surface area contributed by atoms with E-state index in [4.69, 9.17) is 0 Å². The molecule has 3 heteroatoms. The van der Waals surface area contributed by atoms with Crippen LogP contribution in [-0.4, -0.2) is 22.4 Å². The van der Waals surface area contributed by atoms with Crippen molar-refractivity contribution in [2.24, 2.45) is 11.3 Å². The number of nitrogens with zero attached hydrogens (tertiary/aromatic N) is 2. The Morgan fingerprint density at radius 1 is 1.53 bits per heavy atom. The number of hydrogen-bond donors (Lipinski definition) is 1. The topological polar surface area (TPSA) is 29.9 Å². The molecule has 0 aromatic carbocycles. The third kappa shape index (κ3) is 2.89. The second-order valence-electron chi connectivity index (χ2n) is 5.87. The molecule has 1 aromatic rings. The smallest absolute Gasteiger partial charge is 0.0522 e. The number of aromatic nitrogens is 2. The molecule has 0 spiro atoms. The Bertz CT molecular complexity index is 367. The molecular weight excluding hydrogens is 210 g/mol. The maximum absolute atomic E-state index is 4.35. The molecule has 1 N–H and O–H groups in total. The Kier molecular flexibility index (Phi) is 3.57. The molecule has 2 atom stereocenters. The number of nitrogens with one attached hydrogen (secondary N) is 1. The van der Waals surface area contributed by atoms with E-state index < -0.39 is 0 Å². The van der Waals surface area contributed by atoms with Crippen molar-refractivity contribution >= 4 is 0 Å². The highest BCUT2D eigenvalue weighted by Gasteiger charge is 2.49. The van der Waals surface area contributed by atoms with Gasteiger partial charge in [0.1, 0.15) is 0 Å². The van der Waals surface area contributed by atoms with Gasteiger partial charge in [-0.2, -0.15) is 5.10 Å². The molecule has 1 aromatic heterocycles. The van der Waals surface area contributed by atoms with Crippen molar-refractivity contribution in [1.29, 1.82) is 0 Å². The molecule has 2 rings (SSSR count). The fraction of sp³-hybridized carbons (Fsp3) is 0.786. The predicted octanol–water partition coefficient (Wildman–Crippen LogP) is 2.47. The van der Waals surface area contributed by atoms with E-state index in [-0.39, 0.29) is 0 Å². The van der Waals surface area contributed by atoms with Crippen LogP contribution in [0.4, 0.5) is 0 Å². The maximum Gasteiger partial charge on any atom is 0.0522 e. The minimum atomic E-state index is 0.535. The first-order valence-electron chi connectivity index (χ1n) is 6.81. The Balaban J connectivity index is 1.98. The predicted molar refractivity (Wildman–Crippen MR) is 71.0 cm³/mol. The van der Waals surface area contributed by atoms with E-state index in [1.807, 2.05) is 10.9 Å². The summed E-state index contributed by atoms with van der Waals surface area (Å²) in [5.41, 5.74) is 1.90. The van der Waals surface area contributed by atoms with Crippen molar-refractivity contribution in [3.63, 3.8) is 0 Å². The van der Waals surface area contributed by atoms with Gasteiger partial charge in [-0.3, -0.25) is 4.68 Å². The number of likely N-dealkylation sites (N-methyl/N-ethyl adjacent to an activating group) is 1. The van der Waals surface area contributed by atoms with Gasteiger partial charge >= 0.3 is 0 Å². The summed E-state index contributed by atoms with van der Waals surface area (Å²) < 4.78 is 2.01. The van der Waals surface area contributed by atoms with Gasteiger partial charge in [0.2, 0.25) is 0 Å².